The highest BCUT2D eigenvalue weighted by Crippen LogP contribution is 2.23. The number of carbonyl (C=O) groups excluding carboxylic acids is 1. The topological polar surface area (TPSA) is 109 Å². The number of carbonyl (C=O) groups is 2. The number of nitrogens with zero attached hydrogens (tertiary/aromatic N) is 3. The molecular formula is C12H18N4O4. The molecule has 1 saturated heterocycles. The Balaban J connectivity index is 1.88. The molecule has 2 N–H and O–H groups in total. The molecule has 8 heteroatoms. The Labute approximate surface area is 116 Å². The van der Waals surface area contributed by atoms with E-state index in [9.17, 15) is 14.7 Å². The number of urea groups is 1. The van der Waals surface area contributed by atoms with Crippen molar-refractivity contribution in [1.29, 1.82) is 0 Å². The molecule has 1 aliphatic heterocycles. The van der Waals surface area contributed by atoms with E-state index in [0.29, 0.717) is 25.4 Å². The number of aliphatic carboxylic acids is 1. The zero-order chi connectivity index (χ0) is 14.5. The van der Waals surface area contributed by atoms with Gasteiger partial charge in [-0.15, -0.1) is 0 Å². The highest BCUT2D eigenvalue weighted by Gasteiger charge is 2.36. The number of carboxylic acids is 1. The smallest absolute Gasteiger partial charge is 0.326 e. The van der Waals surface area contributed by atoms with Gasteiger partial charge in [-0.25, -0.2) is 9.59 Å². The summed E-state index contributed by atoms with van der Waals surface area (Å²) in [5.41, 5.74) is 0. The molecule has 0 bridgehead atoms. The summed E-state index contributed by atoms with van der Waals surface area (Å²) in [7, 11) is 0. The van der Waals surface area contributed by atoms with Gasteiger partial charge in [-0.1, -0.05) is 12.1 Å². The molecule has 2 amide bonds. The van der Waals surface area contributed by atoms with E-state index in [0.717, 1.165) is 12.8 Å². The van der Waals surface area contributed by atoms with Crippen LogP contribution in [0.15, 0.2) is 10.9 Å². The predicted octanol–water partition coefficient (Wildman–Crippen LogP) is 0.507. The molecule has 2 heterocycles. The largest absolute Gasteiger partial charge is 0.480 e. The molecule has 0 spiro atoms. The first-order valence-electron chi connectivity index (χ1n) is 6.62. The van der Waals surface area contributed by atoms with Gasteiger partial charge < -0.3 is 19.8 Å². The first-order valence-corrected chi connectivity index (χ1v) is 6.62. The van der Waals surface area contributed by atoms with Crippen LogP contribution in [0.25, 0.3) is 0 Å². The van der Waals surface area contributed by atoms with Crippen LogP contribution >= 0.6 is 0 Å². The van der Waals surface area contributed by atoms with Gasteiger partial charge >= 0.3 is 12.0 Å². The number of carboxylic acid groups (broad SMARTS) is 1. The van der Waals surface area contributed by atoms with E-state index >= 15 is 0 Å². The lowest BCUT2D eigenvalue weighted by Gasteiger charge is -2.37. The van der Waals surface area contributed by atoms with Crippen LogP contribution in [-0.2, 0) is 11.2 Å². The zero-order valence-electron chi connectivity index (χ0n) is 11.3. The van der Waals surface area contributed by atoms with Gasteiger partial charge in [0.25, 0.3) is 0 Å². The number of rotatable bonds is 4. The number of piperidine rings is 1. The molecule has 2 atom stereocenters. The van der Waals surface area contributed by atoms with Crippen molar-refractivity contribution in [3.63, 3.8) is 0 Å². The third kappa shape index (κ3) is 3.25. The Morgan fingerprint density at radius 1 is 1.60 bits per heavy atom. The van der Waals surface area contributed by atoms with Crippen LogP contribution in [0.3, 0.4) is 0 Å². The minimum atomic E-state index is -0.954. The fourth-order valence-corrected chi connectivity index (χ4v) is 2.48. The average molecular weight is 282 g/mol. The quantitative estimate of drug-likeness (QED) is 0.832. The van der Waals surface area contributed by atoms with Crippen LogP contribution in [0.1, 0.15) is 25.7 Å². The molecule has 2 rings (SSSR count). The molecule has 1 aromatic rings. The van der Waals surface area contributed by atoms with Gasteiger partial charge in [0.2, 0.25) is 5.89 Å². The fourth-order valence-electron chi connectivity index (χ4n) is 2.48. The Kier molecular flexibility index (Phi) is 4.54. The summed E-state index contributed by atoms with van der Waals surface area (Å²) >= 11 is 0. The second-order valence-corrected chi connectivity index (χ2v) is 4.91. The lowest BCUT2D eigenvalue weighted by molar-refractivity contribution is -0.145. The maximum Gasteiger partial charge on any atom is 0.326 e. The maximum atomic E-state index is 12.1. The van der Waals surface area contributed by atoms with Crippen molar-refractivity contribution in [2.45, 2.75) is 32.2 Å². The number of hydrogen-bond acceptors (Lipinski definition) is 5. The number of aromatic nitrogens is 2. The Morgan fingerprint density at radius 2 is 2.40 bits per heavy atom. The molecule has 20 heavy (non-hydrogen) atoms. The first kappa shape index (κ1) is 14.3. The van der Waals surface area contributed by atoms with Crippen molar-refractivity contribution in [3.05, 3.63) is 12.2 Å². The van der Waals surface area contributed by atoms with E-state index in [1.165, 1.54) is 11.2 Å². The fraction of sp³-hybridized carbons (Fsp3) is 0.667. The minimum absolute atomic E-state index is 0.0389. The second kappa shape index (κ2) is 6.36. The van der Waals surface area contributed by atoms with E-state index in [1.807, 2.05) is 6.92 Å². The Morgan fingerprint density at radius 3 is 3.05 bits per heavy atom. The molecule has 0 saturated carbocycles. The molecule has 0 radical (unpaired) electrons. The normalized spacial score (nSPS) is 22.6. The second-order valence-electron chi connectivity index (χ2n) is 4.91. The lowest BCUT2D eigenvalue weighted by Crippen LogP contribution is -2.55. The van der Waals surface area contributed by atoms with Gasteiger partial charge in [0.05, 0.1) is 0 Å². The van der Waals surface area contributed by atoms with Crippen LogP contribution in [0, 0.1) is 5.92 Å². The van der Waals surface area contributed by atoms with E-state index in [4.69, 9.17) is 4.52 Å². The van der Waals surface area contributed by atoms with Crippen molar-refractivity contribution in [1.82, 2.24) is 20.4 Å². The summed E-state index contributed by atoms with van der Waals surface area (Å²) in [5.74, 6) is -0.556. The SMILES string of the molecule is CC1CCCN(C(=O)NCCc2ncno2)C1C(=O)O. The predicted molar refractivity (Wildman–Crippen MR) is 67.9 cm³/mol. The highest BCUT2D eigenvalue weighted by atomic mass is 16.5. The van der Waals surface area contributed by atoms with Crippen molar-refractivity contribution in [2.24, 2.45) is 5.92 Å². The van der Waals surface area contributed by atoms with Gasteiger partial charge in [0.1, 0.15) is 6.04 Å². The molecular weight excluding hydrogens is 264 g/mol. The maximum absolute atomic E-state index is 12.1. The summed E-state index contributed by atoms with van der Waals surface area (Å²) in [4.78, 5) is 28.6. The standard InChI is InChI=1S/C12H18N4O4/c1-8-3-2-6-16(10(8)11(17)18)12(19)13-5-4-9-14-7-15-20-9/h7-8,10H,2-6H2,1H3,(H,13,19)(H,17,18). The van der Waals surface area contributed by atoms with Crippen molar-refractivity contribution in [3.8, 4) is 0 Å². The van der Waals surface area contributed by atoms with Gasteiger partial charge in [-0.2, -0.15) is 4.98 Å². The molecule has 110 valence electrons. The monoisotopic (exact) mass is 282 g/mol. The van der Waals surface area contributed by atoms with Crippen LogP contribution in [0.2, 0.25) is 0 Å². The molecule has 8 nitrogen and oxygen atoms in total. The molecule has 2 unspecified atom stereocenters. The lowest BCUT2D eigenvalue weighted by atomic mass is 9.91. The van der Waals surface area contributed by atoms with Crippen molar-refractivity contribution >= 4 is 12.0 Å². The van der Waals surface area contributed by atoms with Crippen LogP contribution < -0.4 is 5.32 Å². The Hall–Kier alpha value is -2.12. The molecule has 1 fully saturated rings. The molecule has 0 aromatic carbocycles. The number of hydrogen-bond donors (Lipinski definition) is 2. The summed E-state index contributed by atoms with van der Waals surface area (Å²) in [6.45, 7) is 2.66. The molecule has 1 aliphatic rings. The third-order valence-electron chi connectivity index (χ3n) is 3.47. The van der Waals surface area contributed by atoms with Crippen molar-refractivity contribution in [2.75, 3.05) is 13.1 Å². The average Bonchev–Trinajstić information content (AvgIpc) is 2.91. The number of amides is 2. The van der Waals surface area contributed by atoms with Crippen LogP contribution in [0.4, 0.5) is 4.79 Å². The van der Waals surface area contributed by atoms with E-state index < -0.39 is 12.0 Å². The Bertz CT molecular complexity index is 462. The number of nitrogens with one attached hydrogen (secondary N) is 1. The van der Waals surface area contributed by atoms with E-state index in [1.54, 1.807) is 0 Å². The van der Waals surface area contributed by atoms with Crippen molar-refractivity contribution < 1.29 is 19.2 Å². The molecule has 1 aromatic heterocycles. The van der Waals surface area contributed by atoms with Gasteiger partial charge in [-0.05, 0) is 18.8 Å². The summed E-state index contributed by atoms with van der Waals surface area (Å²) < 4.78 is 4.82. The first-order chi connectivity index (χ1) is 9.59. The van der Waals surface area contributed by atoms with Gasteiger partial charge in [-0.3, -0.25) is 0 Å². The van der Waals surface area contributed by atoms with Gasteiger partial charge in [0, 0.05) is 19.5 Å². The zero-order valence-corrected chi connectivity index (χ0v) is 11.3. The summed E-state index contributed by atoms with van der Waals surface area (Å²) in [6.07, 6.45) is 3.36. The number of likely N-dealkylation sites (tertiary alicyclic amines) is 1. The molecule has 0 aliphatic carbocycles. The third-order valence-corrected chi connectivity index (χ3v) is 3.47. The summed E-state index contributed by atoms with van der Waals surface area (Å²) in [5, 5.41) is 15.4. The van der Waals surface area contributed by atoms with Gasteiger partial charge in [0.15, 0.2) is 6.33 Å². The van der Waals surface area contributed by atoms with E-state index in [2.05, 4.69) is 15.5 Å². The van der Waals surface area contributed by atoms with Crippen LogP contribution in [-0.4, -0.2) is 51.3 Å². The minimum Gasteiger partial charge on any atom is -0.480 e. The van der Waals surface area contributed by atoms with Crippen LogP contribution in [0.5, 0.6) is 0 Å². The summed E-state index contributed by atoms with van der Waals surface area (Å²) in [6, 6.07) is -1.12. The van der Waals surface area contributed by atoms with E-state index in [-0.39, 0.29) is 11.9 Å². The highest BCUT2D eigenvalue weighted by molar-refractivity contribution is 5.83.